The van der Waals surface area contributed by atoms with Crippen molar-refractivity contribution >= 4 is 23.1 Å². The third-order valence-electron chi connectivity index (χ3n) is 3.04. The number of aliphatic hydroxyl groups excluding tert-OH is 1. The summed E-state index contributed by atoms with van der Waals surface area (Å²) in [5, 5.41) is 27.0. The molecule has 0 radical (unpaired) electrons. The first-order chi connectivity index (χ1) is 10.5. The van der Waals surface area contributed by atoms with Crippen LogP contribution in [0.3, 0.4) is 0 Å². The molecule has 0 saturated carbocycles. The highest BCUT2D eigenvalue weighted by Crippen LogP contribution is 2.17. The van der Waals surface area contributed by atoms with Crippen molar-refractivity contribution < 1.29 is 14.8 Å². The molecule has 1 heterocycles. The molecule has 2 aromatic rings. The molecule has 0 aliphatic rings. The maximum absolute atomic E-state index is 12.0. The van der Waals surface area contributed by atoms with Gasteiger partial charge in [-0.15, -0.1) is 5.10 Å². The summed E-state index contributed by atoms with van der Waals surface area (Å²) in [4.78, 5) is 22.5. The molecule has 0 aliphatic carbocycles. The van der Waals surface area contributed by atoms with E-state index in [0.29, 0.717) is 22.6 Å². The van der Waals surface area contributed by atoms with Gasteiger partial charge in [-0.3, -0.25) is 14.9 Å². The highest BCUT2D eigenvalue weighted by Gasteiger charge is 2.17. The molecule has 1 aromatic heterocycles. The number of benzene rings is 1. The number of nitrogens with one attached hydrogen (secondary N) is 1. The second-order valence-corrected chi connectivity index (χ2v) is 5.23. The summed E-state index contributed by atoms with van der Waals surface area (Å²) in [6.07, 6.45) is -0.347. The lowest BCUT2D eigenvalue weighted by atomic mass is 10.1. The van der Waals surface area contributed by atoms with Gasteiger partial charge >= 0.3 is 0 Å². The quantitative estimate of drug-likeness (QED) is 0.614. The fourth-order valence-electron chi connectivity index (χ4n) is 1.82. The van der Waals surface area contributed by atoms with E-state index in [9.17, 15) is 20.0 Å². The number of aryl methyl sites for hydroxylation is 1. The molecule has 116 valence electrons. The van der Waals surface area contributed by atoms with Crippen molar-refractivity contribution in [2.45, 2.75) is 19.4 Å². The summed E-state index contributed by atoms with van der Waals surface area (Å²) in [6, 6.07) is 5.53. The molecule has 0 aliphatic heterocycles. The lowest BCUT2D eigenvalue weighted by Crippen LogP contribution is -2.28. The molecule has 0 saturated heterocycles. The van der Waals surface area contributed by atoms with Gasteiger partial charge in [0, 0.05) is 18.7 Å². The number of hydrogen-bond acceptors (Lipinski definition) is 7. The standard InChI is InChI=1S/C13H14N4O4S/c1-2-10-12(22-16-15-10)13(19)14-7-11(18)8-3-5-9(6-4-8)17(20)21/h3-6,11,18H,2,7H2,1H3,(H,14,19)/t11-/m1/s1. The Morgan fingerprint density at radius 2 is 2.14 bits per heavy atom. The lowest BCUT2D eigenvalue weighted by molar-refractivity contribution is -0.384. The first-order valence-electron chi connectivity index (χ1n) is 6.54. The van der Waals surface area contributed by atoms with Crippen LogP contribution < -0.4 is 5.32 Å². The largest absolute Gasteiger partial charge is 0.387 e. The second-order valence-electron chi connectivity index (χ2n) is 4.48. The van der Waals surface area contributed by atoms with Gasteiger partial charge in [-0.2, -0.15) is 0 Å². The number of aliphatic hydroxyl groups is 1. The molecule has 2 rings (SSSR count). The molecule has 1 atom stereocenters. The van der Waals surface area contributed by atoms with Gasteiger partial charge in [0.2, 0.25) is 0 Å². The van der Waals surface area contributed by atoms with Crippen LogP contribution in [0.2, 0.25) is 0 Å². The lowest BCUT2D eigenvalue weighted by Gasteiger charge is -2.11. The van der Waals surface area contributed by atoms with Crippen molar-refractivity contribution in [3.05, 3.63) is 50.5 Å². The summed E-state index contributed by atoms with van der Waals surface area (Å²) in [5.74, 6) is -0.340. The van der Waals surface area contributed by atoms with E-state index in [0.717, 1.165) is 11.5 Å². The highest BCUT2D eigenvalue weighted by atomic mass is 32.1. The van der Waals surface area contributed by atoms with Gasteiger partial charge in [0.1, 0.15) is 4.88 Å². The van der Waals surface area contributed by atoms with E-state index in [1.54, 1.807) is 0 Å². The molecular formula is C13H14N4O4S. The second kappa shape index (κ2) is 7.05. The third kappa shape index (κ3) is 3.62. The van der Waals surface area contributed by atoms with Crippen LogP contribution in [0.4, 0.5) is 5.69 Å². The van der Waals surface area contributed by atoms with E-state index in [4.69, 9.17) is 0 Å². The van der Waals surface area contributed by atoms with Crippen LogP contribution in [-0.4, -0.2) is 32.1 Å². The van der Waals surface area contributed by atoms with Gasteiger partial charge in [-0.1, -0.05) is 11.4 Å². The molecule has 0 bridgehead atoms. The van der Waals surface area contributed by atoms with Crippen LogP contribution in [0.15, 0.2) is 24.3 Å². The van der Waals surface area contributed by atoms with E-state index in [-0.39, 0.29) is 18.1 Å². The monoisotopic (exact) mass is 322 g/mol. The van der Waals surface area contributed by atoms with Crippen molar-refractivity contribution in [3.8, 4) is 0 Å². The van der Waals surface area contributed by atoms with Gasteiger partial charge in [0.05, 0.1) is 16.7 Å². The van der Waals surface area contributed by atoms with Gasteiger partial charge in [-0.25, -0.2) is 0 Å². The molecule has 8 nitrogen and oxygen atoms in total. The Balaban J connectivity index is 1.96. The fourth-order valence-corrected chi connectivity index (χ4v) is 2.48. The average Bonchev–Trinajstić information content (AvgIpc) is 3.01. The van der Waals surface area contributed by atoms with Crippen LogP contribution in [0.25, 0.3) is 0 Å². The number of carbonyl (C=O) groups is 1. The number of nitro benzene ring substituents is 1. The van der Waals surface area contributed by atoms with Crippen molar-refractivity contribution in [1.29, 1.82) is 0 Å². The minimum absolute atomic E-state index is 0.00228. The van der Waals surface area contributed by atoms with E-state index in [1.165, 1.54) is 24.3 Å². The number of nitro groups is 1. The van der Waals surface area contributed by atoms with Crippen LogP contribution >= 0.6 is 11.5 Å². The zero-order valence-corrected chi connectivity index (χ0v) is 12.5. The Labute approximate surface area is 130 Å². The maximum Gasteiger partial charge on any atom is 0.269 e. The Hall–Kier alpha value is -2.39. The first kappa shape index (κ1) is 16.0. The molecule has 22 heavy (non-hydrogen) atoms. The zero-order valence-electron chi connectivity index (χ0n) is 11.7. The van der Waals surface area contributed by atoms with Crippen molar-refractivity contribution in [1.82, 2.24) is 14.9 Å². The molecule has 2 N–H and O–H groups in total. The van der Waals surface area contributed by atoms with Crippen molar-refractivity contribution in [2.24, 2.45) is 0 Å². The molecule has 0 unspecified atom stereocenters. The van der Waals surface area contributed by atoms with Crippen LogP contribution in [0, 0.1) is 10.1 Å². The summed E-state index contributed by atoms with van der Waals surface area (Å²) in [5.41, 5.74) is 1.06. The van der Waals surface area contributed by atoms with Crippen LogP contribution in [0.1, 0.15) is 34.0 Å². The maximum atomic E-state index is 12.0. The number of hydrogen-bond donors (Lipinski definition) is 2. The Morgan fingerprint density at radius 3 is 2.73 bits per heavy atom. The fraction of sp³-hybridized carbons (Fsp3) is 0.308. The smallest absolute Gasteiger partial charge is 0.269 e. The number of non-ortho nitro benzene ring substituents is 1. The number of amides is 1. The molecule has 1 amide bonds. The van der Waals surface area contributed by atoms with Crippen molar-refractivity contribution in [3.63, 3.8) is 0 Å². The van der Waals surface area contributed by atoms with Crippen molar-refractivity contribution in [2.75, 3.05) is 6.54 Å². The summed E-state index contributed by atoms with van der Waals surface area (Å²) < 4.78 is 3.73. The normalized spacial score (nSPS) is 11.9. The molecule has 9 heteroatoms. The number of nitrogens with zero attached hydrogens (tertiary/aromatic N) is 3. The predicted molar refractivity (Wildman–Crippen MR) is 79.7 cm³/mol. The Bertz CT molecular complexity index is 671. The summed E-state index contributed by atoms with van der Waals surface area (Å²) >= 11 is 1.01. The molecular weight excluding hydrogens is 308 g/mol. The topological polar surface area (TPSA) is 118 Å². The van der Waals surface area contributed by atoms with E-state index >= 15 is 0 Å². The average molecular weight is 322 g/mol. The first-order valence-corrected chi connectivity index (χ1v) is 7.32. The Morgan fingerprint density at radius 1 is 1.45 bits per heavy atom. The van der Waals surface area contributed by atoms with Gasteiger partial charge in [-0.05, 0) is 35.6 Å². The minimum atomic E-state index is -0.948. The summed E-state index contributed by atoms with van der Waals surface area (Å²) in [7, 11) is 0. The number of aromatic nitrogens is 2. The van der Waals surface area contributed by atoms with Gasteiger partial charge in [0.15, 0.2) is 0 Å². The van der Waals surface area contributed by atoms with Gasteiger partial charge < -0.3 is 10.4 Å². The number of carbonyl (C=O) groups excluding carboxylic acids is 1. The third-order valence-corrected chi connectivity index (χ3v) is 3.81. The molecule has 1 aromatic carbocycles. The predicted octanol–water partition coefficient (Wildman–Crippen LogP) is 1.47. The van der Waals surface area contributed by atoms with E-state index in [2.05, 4.69) is 14.9 Å². The van der Waals surface area contributed by atoms with Gasteiger partial charge in [0.25, 0.3) is 11.6 Å². The highest BCUT2D eigenvalue weighted by molar-refractivity contribution is 7.08. The van der Waals surface area contributed by atoms with E-state index in [1.807, 2.05) is 6.92 Å². The number of rotatable bonds is 6. The van der Waals surface area contributed by atoms with Crippen LogP contribution in [-0.2, 0) is 6.42 Å². The summed E-state index contributed by atoms with van der Waals surface area (Å²) in [6.45, 7) is 1.87. The minimum Gasteiger partial charge on any atom is -0.387 e. The SMILES string of the molecule is CCc1nnsc1C(=O)NC[C@@H](O)c1ccc([N+](=O)[O-])cc1. The van der Waals surface area contributed by atoms with E-state index < -0.39 is 11.0 Å². The molecule has 0 fully saturated rings. The zero-order chi connectivity index (χ0) is 16.1. The Kier molecular flexibility index (Phi) is 5.12. The van der Waals surface area contributed by atoms with Crippen LogP contribution in [0.5, 0.6) is 0 Å². The molecule has 0 spiro atoms.